The van der Waals surface area contributed by atoms with Crippen LogP contribution in [-0.4, -0.2) is 66.7 Å². The Kier molecular flexibility index (Phi) is 6.09. The van der Waals surface area contributed by atoms with Crippen molar-refractivity contribution in [3.63, 3.8) is 0 Å². The molecule has 1 unspecified atom stereocenters. The molecule has 1 aliphatic carbocycles. The number of rotatable bonds is 4. The Balaban J connectivity index is 0.000000165. The molecule has 32 heavy (non-hydrogen) atoms. The summed E-state index contributed by atoms with van der Waals surface area (Å²) in [7, 11) is -3.05. The first kappa shape index (κ1) is 22.5. The summed E-state index contributed by atoms with van der Waals surface area (Å²) < 4.78 is 65.1. The van der Waals surface area contributed by atoms with E-state index in [1.807, 2.05) is 0 Å². The number of nitrogens with zero attached hydrogens (tertiary/aromatic N) is 6. The lowest BCUT2D eigenvalue weighted by Gasteiger charge is -2.29. The number of hydrogen-bond donors (Lipinski definition) is 2. The van der Waals surface area contributed by atoms with Gasteiger partial charge in [0.1, 0.15) is 5.52 Å². The molecule has 2 aliphatic rings. The van der Waals surface area contributed by atoms with Crippen LogP contribution in [0.2, 0.25) is 0 Å². The number of halogens is 3. The third kappa shape index (κ3) is 4.56. The standard InChI is InChI=1S/C10H7F3N6.C8H15NO3S/c11-6-1-7(5-2-16-18(4-5)9(12)13)19-8(6)3-15-10(14)17-19;10-7-2-1-5-9(6-7)13(11,12)8-3-4-8/h1-4,9H,(H2,14,17);7-8,10H,1-6H2. The molecule has 4 heterocycles. The van der Waals surface area contributed by atoms with Gasteiger partial charge in [-0.05, 0) is 25.7 Å². The topological polar surface area (TPSA) is 132 Å². The zero-order valence-electron chi connectivity index (χ0n) is 16.9. The Hall–Kier alpha value is -2.71. The van der Waals surface area contributed by atoms with Gasteiger partial charge in [0.2, 0.25) is 16.0 Å². The number of piperidine rings is 1. The lowest BCUT2D eigenvalue weighted by Crippen LogP contribution is -2.43. The average Bonchev–Trinajstić information content (AvgIpc) is 3.41. The average molecular weight is 473 g/mol. The Labute approximate surface area is 181 Å². The van der Waals surface area contributed by atoms with Crippen molar-refractivity contribution in [2.45, 2.75) is 43.6 Å². The highest BCUT2D eigenvalue weighted by molar-refractivity contribution is 7.90. The van der Waals surface area contributed by atoms with Crippen LogP contribution < -0.4 is 5.73 Å². The van der Waals surface area contributed by atoms with Gasteiger partial charge in [0.25, 0.3) is 0 Å². The molecule has 174 valence electrons. The minimum absolute atomic E-state index is 0.0504. The van der Waals surface area contributed by atoms with E-state index in [9.17, 15) is 26.7 Å². The maximum absolute atomic E-state index is 13.7. The van der Waals surface area contributed by atoms with Crippen LogP contribution in [0.3, 0.4) is 0 Å². The van der Waals surface area contributed by atoms with Crippen molar-refractivity contribution in [3.8, 4) is 11.3 Å². The van der Waals surface area contributed by atoms with Gasteiger partial charge in [0, 0.05) is 30.9 Å². The maximum Gasteiger partial charge on any atom is 0.333 e. The minimum Gasteiger partial charge on any atom is -0.392 e. The zero-order chi connectivity index (χ0) is 23.0. The molecule has 5 rings (SSSR count). The molecule has 0 aromatic carbocycles. The third-order valence-electron chi connectivity index (χ3n) is 5.25. The number of aromatic nitrogens is 5. The molecular weight excluding hydrogens is 451 g/mol. The van der Waals surface area contributed by atoms with Crippen molar-refractivity contribution in [3.05, 3.63) is 30.5 Å². The fourth-order valence-electron chi connectivity index (χ4n) is 3.48. The highest BCUT2D eigenvalue weighted by atomic mass is 32.2. The van der Waals surface area contributed by atoms with E-state index in [2.05, 4.69) is 15.2 Å². The van der Waals surface area contributed by atoms with Crippen molar-refractivity contribution in [2.75, 3.05) is 18.8 Å². The molecule has 0 amide bonds. The summed E-state index contributed by atoms with van der Waals surface area (Å²) in [5.41, 5.74) is 6.11. The number of nitrogens with two attached hydrogens (primary N) is 1. The number of β-amino-alcohol motifs (C(OH)–C–C–N with tert-alkyl or cyclic N) is 1. The summed E-state index contributed by atoms with van der Waals surface area (Å²) in [6, 6.07) is 1.16. The molecular formula is C18H22F3N7O3S. The summed E-state index contributed by atoms with van der Waals surface area (Å²) in [5.74, 6) is -0.620. The Bertz CT molecular complexity index is 1210. The number of alkyl halides is 2. The van der Waals surface area contributed by atoms with Gasteiger partial charge in [-0.1, -0.05) is 0 Å². The normalized spacial score (nSPS) is 19.8. The largest absolute Gasteiger partial charge is 0.392 e. The maximum atomic E-state index is 13.7. The van der Waals surface area contributed by atoms with Crippen LogP contribution in [-0.2, 0) is 10.0 Å². The number of aliphatic hydroxyl groups is 1. The number of nitrogen functional groups attached to an aromatic ring is 1. The van der Waals surface area contributed by atoms with Crippen LogP contribution in [0.1, 0.15) is 32.2 Å². The molecule has 1 saturated carbocycles. The molecule has 3 aromatic rings. The zero-order valence-corrected chi connectivity index (χ0v) is 17.7. The molecule has 3 aromatic heterocycles. The number of aliphatic hydroxyl groups excluding tert-OH is 1. The predicted octanol–water partition coefficient (Wildman–Crippen LogP) is 1.64. The van der Waals surface area contributed by atoms with Crippen molar-refractivity contribution in [1.82, 2.24) is 28.7 Å². The molecule has 0 bridgehead atoms. The van der Waals surface area contributed by atoms with Crippen molar-refractivity contribution in [1.29, 1.82) is 0 Å². The van der Waals surface area contributed by atoms with Crippen LogP contribution in [0.5, 0.6) is 0 Å². The SMILES string of the molecule is Nc1ncc2c(F)cc(-c3cnn(C(F)F)c3)n2n1.O=S(=O)(C1CC1)N1CCCC(O)C1. The fourth-order valence-corrected chi connectivity index (χ4v) is 5.39. The van der Waals surface area contributed by atoms with Crippen molar-refractivity contribution in [2.24, 2.45) is 0 Å². The lowest BCUT2D eigenvalue weighted by atomic mass is 10.1. The molecule has 1 saturated heterocycles. The summed E-state index contributed by atoms with van der Waals surface area (Å²) in [5, 5.41) is 16.5. The number of fused-ring (bicyclic) bond motifs is 1. The Morgan fingerprint density at radius 3 is 2.59 bits per heavy atom. The van der Waals surface area contributed by atoms with E-state index < -0.39 is 28.5 Å². The molecule has 0 spiro atoms. The van der Waals surface area contributed by atoms with Crippen LogP contribution in [0.25, 0.3) is 16.8 Å². The Morgan fingerprint density at radius 1 is 1.22 bits per heavy atom. The first-order chi connectivity index (χ1) is 15.2. The second kappa shape index (κ2) is 8.67. The number of sulfonamides is 1. The van der Waals surface area contributed by atoms with E-state index in [1.165, 1.54) is 21.2 Å². The number of anilines is 1. The second-order valence-corrected chi connectivity index (χ2v) is 9.89. The first-order valence-corrected chi connectivity index (χ1v) is 11.5. The van der Waals surface area contributed by atoms with Crippen molar-refractivity contribution < 1.29 is 26.7 Å². The molecule has 14 heteroatoms. The smallest absolute Gasteiger partial charge is 0.333 e. The van der Waals surface area contributed by atoms with Gasteiger partial charge in [-0.2, -0.15) is 18.2 Å². The predicted molar refractivity (Wildman–Crippen MR) is 109 cm³/mol. The van der Waals surface area contributed by atoms with Gasteiger partial charge in [-0.25, -0.2) is 27.0 Å². The summed E-state index contributed by atoms with van der Waals surface area (Å²) >= 11 is 0. The van der Waals surface area contributed by atoms with Gasteiger partial charge < -0.3 is 10.8 Å². The van der Waals surface area contributed by atoms with Crippen molar-refractivity contribution >= 4 is 21.5 Å². The van der Waals surface area contributed by atoms with E-state index in [4.69, 9.17) is 5.73 Å². The second-order valence-electron chi connectivity index (χ2n) is 7.68. The number of hydrogen-bond acceptors (Lipinski definition) is 7. The van der Waals surface area contributed by atoms with E-state index in [1.54, 1.807) is 0 Å². The van der Waals surface area contributed by atoms with Gasteiger partial charge in [0.05, 0.1) is 29.4 Å². The van der Waals surface area contributed by atoms with Gasteiger partial charge in [-0.3, -0.25) is 0 Å². The molecule has 10 nitrogen and oxygen atoms in total. The monoisotopic (exact) mass is 473 g/mol. The molecule has 1 aliphatic heterocycles. The van der Waals surface area contributed by atoms with E-state index in [0.29, 0.717) is 23.3 Å². The van der Waals surface area contributed by atoms with Gasteiger partial charge >= 0.3 is 6.55 Å². The highest BCUT2D eigenvalue weighted by Gasteiger charge is 2.41. The van der Waals surface area contributed by atoms with Crippen LogP contribution in [0, 0.1) is 5.82 Å². The van der Waals surface area contributed by atoms with E-state index >= 15 is 0 Å². The molecule has 2 fully saturated rings. The quantitative estimate of drug-likeness (QED) is 0.589. The van der Waals surface area contributed by atoms with E-state index in [0.717, 1.165) is 37.9 Å². The van der Waals surface area contributed by atoms with E-state index in [-0.39, 0.29) is 22.4 Å². The fraction of sp³-hybridized carbons (Fsp3) is 0.500. The minimum atomic E-state index is -3.05. The summed E-state index contributed by atoms with van der Waals surface area (Å²) in [6.07, 6.45) is 6.18. The highest BCUT2D eigenvalue weighted by Crippen LogP contribution is 2.32. The molecule has 0 radical (unpaired) electrons. The van der Waals surface area contributed by atoms with Gasteiger partial charge in [0.15, 0.2) is 5.82 Å². The Morgan fingerprint density at radius 2 is 1.97 bits per heavy atom. The summed E-state index contributed by atoms with van der Waals surface area (Å²) in [6.45, 7) is -1.86. The lowest BCUT2D eigenvalue weighted by molar-refractivity contribution is 0.0566. The van der Waals surface area contributed by atoms with Gasteiger partial charge in [-0.15, -0.1) is 5.10 Å². The third-order valence-corrected chi connectivity index (χ3v) is 7.61. The van der Waals surface area contributed by atoms with Crippen LogP contribution in [0.4, 0.5) is 19.1 Å². The first-order valence-electron chi connectivity index (χ1n) is 9.96. The summed E-state index contributed by atoms with van der Waals surface area (Å²) in [4.78, 5) is 3.67. The molecule has 3 N–H and O–H groups in total. The molecule has 1 atom stereocenters. The van der Waals surface area contributed by atoms with Crippen LogP contribution in [0.15, 0.2) is 24.7 Å². The van der Waals surface area contributed by atoms with Crippen LogP contribution >= 0.6 is 0 Å².